The SMILES string of the molecule is CCC(C)c1c(F)n(S(=O)(=O)c2ccc(C)cc2)c2ccccc12. The molecule has 0 aliphatic heterocycles. The molecule has 0 amide bonds. The standard InChI is InChI=1S/C19H20FNO2S/c1-4-14(3)18-16-7-5-6-8-17(16)21(19(18)20)24(22,23)15-11-9-13(2)10-12-15/h5-12,14H,4H2,1-3H3. The van der Waals surface area contributed by atoms with E-state index in [1.54, 1.807) is 36.4 Å². The summed E-state index contributed by atoms with van der Waals surface area (Å²) >= 11 is 0. The van der Waals surface area contributed by atoms with Crippen molar-refractivity contribution in [3.63, 3.8) is 0 Å². The number of hydrogen-bond donors (Lipinski definition) is 0. The topological polar surface area (TPSA) is 39.1 Å². The molecule has 1 unspecified atom stereocenters. The molecule has 0 radical (unpaired) electrons. The van der Waals surface area contributed by atoms with Gasteiger partial charge in [-0.3, -0.25) is 0 Å². The highest BCUT2D eigenvalue weighted by atomic mass is 32.2. The molecule has 0 aliphatic rings. The first-order chi connectivity index (χ1) is 11.4. The summed E-state index contributed by atoms with van der Waals surface area (Å²) in [6.45, 7) is 5.75. The van der Waals surface area contributed by atoms with Crippen LogP contribution in [0.1, 0.15) is 37.3 Å². The molecule has 0 N–H and O–H groups in total. The maximum atomic E-state index is 15.2. The third-order valence-electron chi connectivity index (χ3n) is 4.48. The molecule has 0 saturated heterocycles. The van der Waals surface area contributed by atoms with Crippen LogP contribution >= 0.6 is 0 Å². The van der Waals surface area contributed by atoms with Crippen LogP contribution in [0.3, 0.4) is 0 Å². The Kier molecular flexibility index (Phi) is 4.22. The minimum absolute atomic E-state index is 0.0654. The highest BCUT2D eigenvalue weighted by Gasteiger charge is 2.28. The molecule has 1 aromatic heterocycles. The minimum Gasteiger partial charge on any atom is -0.208 e. The maximum absolute atomic E-state index is 15.2. The summed E-state index contributed by atoms with van der Waals surface area (Å²) in [5, 5.41) is 0.653. The van der Waals surface area contributed by atoms with E-state index in [1.165, 1.54) is 12.1 Å². The summed E-state index contributed by atoms with van der Waals surface area (Å²) in [7, 11) is -3.99. The predicted octanol–water partition coefficient (Wildman–Crippen LogP) is 4.84. The molecule has 1 atom stereocenters. The summed E-state index contributed by atoms with van der Waals surface area (Å²) in [4.78, 5) is 0.0865. The van der Waals surface area contributed by atoms with Crippen LogP contribution in [0.2, 0.25) is 0 Å². The summed E-state index contributed by atoms with van der Waals surface area (Å²) in [5.74, 6) is -0.754. The number of aromatic nitrogens is 1. The number of hydrogen-bond acceptors (Lipinski definition) is 2. The number of benzene rings is 2. The van der Waals surface area contributed by atoms with Crippen LogP contribution in [0.15, 0.2) is 53.4 Å². The lowest BCUT2D eigenvalue weighted by Gasteiger charge is -2.10. The molecule has 1 heterocycles. The number of para-hydroxylation sites is 1. The zero-order chi connectivity index (χ0) is 17.5. The van der Waals surface area contributed by atoms with Gasteiger partial charge in [0.25, 0.3) is 10.0 Å². The third-order valence-corrected chi connectivity index (χ3v) is 6.18. The average molecular weight is 345 g/mol. The third kappa shape index (κ3) is 2.53. The first-order valence-electron chi connectivity index (χ1n) is 7.99. The molecule has 3 aromatic rings. The van der Waals surface area contributed by atoms with Crippen molar-refractivity contribution in [1.29, 1.82) is 0 Å². The Balaban J connectivity index is 2.34. The van der Waals surface area contributed by atoms with Gasteiger partial charge in [-0.05, 0) is 37.5 Å². The molecule has 5 heteroatoms. The van der Waals surface area contributed by atoms with E-state index in [1.807, 2.05) is 20.8 Å². The van der Waals surface area contributed by atoms with Gasteiger partial charge in [-0.25, -0.2) is 12.4 Å². The fourth-order valence-electron chi connectivity index (χ4n) is 2.93. The second-order valence-electron chi connectivity index (χ2n) is 6.11. The minimum atomic E-state index is -3.99. The number of halogens is 1. The highest BCUT2D eigenvalue weighted by molar-refractivity contribution is 7.90. The second-order valence-corrected chi connectivity index (χ2v) is 7.90. The smallest absolute Gasteiger partial charge is 0.208 e. The molecule has 3 rings (SSSR count). The Morgan fingerprint density at radius 2 is 1.71 bits per heavy atom. The Morgan fingerprint density at radius 1 is 1.08 bits per heavy atom. The van der Waals surface area contributed by atoms with Crippen molar-refractivity contribution in [2.24, 2.45) is 0 Å². The number of rotatable bonds is 4. The van der Waals surface area contributed by atoms with Gasteiger partial charge in [0.2, 0.25) is 5.95 Å². The quantitative estimate of drug-likeness (QED) is 0.679. The van der Waals surface area contributed by atoms with Crippen LogP contribution in [0.4, 0.5) is 4.39 Å². The van der Waals surface area contributed by atoms with E-state index in [-0.39, 0.29) is 10.8 Å². The molecule has 0 bridgehead atoms. The lowest BCUT2D eigenvalue weighted by Crippen LogP contribution is -2.15. The fraction of sp³-hybridized carbons (Fsp3) is 0.263. The van der Waals surface area contributed by atoms with E-state index in [2.05, 4.69) is 0 Å². The molecule has 0 spiro atoms. The van der Waals surface area contributed by atoms with Gasteiger partial charge in [0, 0.05) is 10.9 Å². The normalized spacial score (nSPS) is 13.3. The van der Waals surface area contributed by atoms with E-state index >= 15 is 4.39 Å². The molecule has 24 heavy (non-hydrogen) atoms. The average Bonchev–Trinajstić information content (AvgIpc) is 2.87. The Bertz CT molecular complexity index is 988. The largest absolute Gasteiger partial charge is 0.270 e. The molecule has 0 saturated carbocycles. The zero-order valence-electron chi connectivity index (χ0n) is 14.0. The van der Waals surface area contributed by atoms with Crippen molar-refractivity contribution in [1.82, 2.24) is 3.97 Å². The Hall–Kier alpha value is -2.14. The molecular formula is C19H20FNO2S. The highest BCUT2D eigenvalue weighted by Crippen LogP contribution is 2.34. The first-order valence-corrected chi connectivity index (χ1v) is 9.43. The van der Waals surface area contributed by atoms with Gasteiger partial charge in [0.15, 0.2) is 0 Å². The number of aryl methyl sites for hydroxylation is 1. The van der Waals surface area contributed by atoms with Crippen LogP contribution in [-0.4, -0.2) is 12.4 Å². The van der Waals surface area contributed by atoms with Crippen molar-refractivity contribution in [3.8, 4) is 0 Å². The first kappa shape index (κ1) is 16.7. The Morgan fingerprint density at radius 3 is 2.33 bits per heavy atom. The van der Waals surface area contributed by atoms with Crippen molar-refractivity contribution >= 4 is 20.9 Å². The summed E-state index contributed by atoms with van der Waals surface area (Å²) in [6.07, 6.45) is 0.732. The molecule has 3 nitrogen and oxygen atoms in total. The fourth-order valence-corrected chi connectivity index (χ4v) is 4.35. The maximum Gasteiger partial charge on any atom is 0.270 e. The van der Waals surface area contributed by atoms with Gasteiger partial charge >= 0.3 is 0 Å². The summed E-state index contributed by atoms with van der Waals surface area (Å²) in [5.41, 5.74) is 1.79. The predicted molar refractivity (Wildman–Crippen MR) is 94.4 cm³/mol. The van der Waals surface area contributed by atoms with Gasteiger partial charge in [-0.2, -0.15) is 4.39 Å². The molecular weight excluding hydrogens is 325 g/mol. The second kappa shape index (κ2) is 6.06. The van der Waals surface area contributed by atoms with Crippen LogP contribution < -0.4 is 0 Å². The lowest BCUT2D eigenvalue weighted by molar-refractivity contribution is 0.527. The lowest BCUT2D eigenvalue weighted by atomic mass is 9.98. The van der Waals surface area contributed by atoms with Gasteiger partial charge in [-0.1, -0.05) is 49.7 Å². The molecule has 0 aliphatic carbocycles. The molecule has 126 valence electrons. The van der Waals surface area contributed by atoms with Crippen LogP contribution in [0.25, 0.3) is 10.9 Å². The number of nitrogens with zero attached hydrogens (tertiary/aromatic N) is 1. The monoisotopic (exact) mass is 345 g/mol. The summed E-state index contributed by atoms with van der Waals surface area (Å²) < 4.78 is 42.1. The van der Waals surface area contributed by atoms with E-state index in [0.717, 1.165) is 16.0 Å². The zero-order valence-corrected chi connectivity index (χ0v) is 14.8. The van der Waals surface area contributed by atoms with Crippen LogP contribution in [-0.2, 0) is 10.0 Å². The van der Waals surface area contributed by atoms with Gasteiger partial charge in [0.1, 0.15) is 0 Å². The van der Waals surface area contributed by atoms with Crippen LogP contribution in [0, 0.1) is 12.9 Å². The Labute approximate surface area is 141 Å². The van der Waals surface area contributed by atoms with Crippen molar-refractivity contribution < 1.29 is 12.8 Å². The molecule has 2 aromatic carbocycles. The molecule has 0 fully saturated rings. The van der Waals surface area contributed by atoms with E-state index in [0.29, 0.717) is 16.5 Å². The van der Waals surface area contributed by atoms with E-state index in [9.17, 15) is 8.42 Å². The van der Waals surface area contributed by atoms with Crippen molar-refractivity contribution in [2.75, 3.05) is 0 Å². The van der Waals surface area contributed by atoms with Gasteiger partial charge < -0.3 is 0 Å². The van der Waals surface area contributed by atoms with Crippen LogP contribution in [0.5, 0.6) is 0 Å². The van der Waals surface area contributed by atoms with E-state index < -0.39 is 16.0 Å². The van der Waals surface area contributed by atoms with Crippen molar-refractivity contribution in [3.05, 3.63) is 65.6 Å². The van der Waals surface area contributed by atoms with E-state index in [4.69, 9.17) is 0 Å². The number of fused-ring (bicyclic) bond motifs is 1. The van der Waals surface area contributed by atoms with Gasteiger partial charge in [0.05, 0.1) is 10.4 Å². The van der Waals surface area contributed by atoms with Gasteiger partial charge in [-0.15, -0.1) is 0 Å². The van der Waals surface area contributed by atoms with Crippen molar-refractivity contribution in [2.45, 2.75) is 38.0 Å². The summed E-state index contributed by atoms with van der Waals surface area (Å²) in [6, 6.07) is 13.4.